The van der Waals surface area contributed by atoms with Gasteiger partial charge in [0.2, 0.25) is 0 Å². The number of aromatic nitrogens is 1. The van der Waals surface area contributed by atoms with Gasteiger partial charge in [0.15, 0.2) is 5.13 Å². The minimum Gasteiger partial charge on any atom is -0.375 e. The minimum absolute atomic E-state index is 0.0275. The van der Waals surface area contributed by atoms with E-state index in [1.807, 2.05) is 0 Å². The average molecular weight is 339 g/mol. The second kappa shape index (κ2) is 5.25. The van der Waals surface area contributed by atoms with Gasteiger partial charge in [-0.3, -0.25) is 0 Å². The van der Waals surface area contributed by atoms with Crippen LogP contribution in [0.1, 0.15) is 42.5 Å². The fraction of sp³-hybridized carbons (Fsp3) is 0.400. The molecule has 0 aliphatic rings. The molecule has 0 spiro atoms. The molecule has 0 unspecified atom stereocenters. The number of halogens is 1. The van der Waals surface area contributed by atoms with E-state index in [-0.39, 0.29) is 5.41 Å². The fourth-order valence-corrected chi connectivity index (χ4v) is 3.56. The summed E-state index contributed by atoms with van der Waals surface area (Å²) < 4.78 is 1.18. The van der Waals surface area contributed by atoms with Gasteiger partial charge in [-0.25, -0.2) is 4.98 Å². The molecule has 2 nitrogen and oxygen atoms in total. The first-order valence-corrected chi connectivity index (χ1v) is 7.89. The van der Waals surface area contributed by atoms with Crippen molar-refractivity contribution in [3.8, 4) is 0 Å². The van der Waals surface area contributed by atoms with Crippen molar-refractivity contribution in [2.75, 3.05) is 5.73 Å². The molecule has 0 bridgehead atoms. The number of nitrogens with zero attached hydrogens (tertiary/aromatic N) is 1. The van der Waals surface area contributed by atoms with E-state index in [9.17, 15) is 0 Å². The highest BCUT2D eigenvalue weighted by molar-refractivity contribution is 9.10. The molecule has 102 valence electrons. The molecule has 1 aromatic heterocycles. The van der Waals surface area contributed by atoms with E-state index in [2.05, 4.69) is 66.8 Å². The van der Waals surface area contributed by atoms with Gasteiger partial charge in [0.05, 0.1) is 5.69 Å². The summed E-state index contributed by atoms with van der Waals surface area (Å²) in [4.78, 5) is 5.77. The number of thiazole rings is 1. The number of hydrogen-bond donors (Lipinski definition) is 1. The van der Waals surface area contributed by atoms with Crippen molar-refractivity contribution in [2.45, 2.75) is 39.5 Å². The van der Waals surface area contributed by atoms with Crippen LogP contribution in [0.3, 0.4) is 0 Å². The van der Waals surface area contributed by atoms with Crippen LogP contribution >= 0.6 is 27.3 Å². The molecule has 19 heavy (non-hydrogen) atoms. The first-order valence-electron chi connectivity index (χ1n) is 6.28. The number of aryl methyl sites for hydroxylation is 1. The number of hydrogen-bond acceptors (Lipinski definition) is 3. The number of nitrogen functional groups attached to an aromatic ring is 1. The third-order valence-corrected chi connectivity index (χ3v) is 5.07. The van der Waals surface area contributed by atoms with Gasteiger partial charge in [0.1, 0.15) is 0 Å². The van der Waals surface area contributed by atoms with E-state index in [1.165, 1.54) is 20.5 Å². The summed E-state index contributed by atoms with van der Waals surface area (Å²) >= 11 is 5.27. The van der Waals surface area contributed by atoms with Crippen LogP contribution in [-0.2, 0) is 11.8 Å². The summed E-state index contributed by atoms with van der Waals surface area (Å²) in [7, 11) is 0. The Morgan fingerprint density at radius 1 is 1.32 bits per heavy atom. The first-order chi connectivity index (χ1) is 8.79. The molecule has 0 aliphatic carbocycles. The Labute approximate surface area is 127 Å². The third kappa shape index (κ3) is 3.18. The lowest BCUT2D eigenvalue weighted by Gasteiger charge is -2.18. The summed E-state index contributed by atoms with van der Waals surface area (Å²) in [6.45, 7) is 8.64. The highest BCUT2D eigenvalue weighted by Gasteiger charge is 2.23. The molecule has 1 aromatic carbocycles. The predicted molar refractivity (Wildman–Crippen MR) is 86.9 cm³/mol. The third-order valence-electron chi connectivity index (χ3n) is 3.05. The van der Waals surface area contributed by atoms with Crippen LogP contribution in [0.2, 0.25) is 0 Å². The lowest BCUT2D eigenvalue weighted by molar-refractivity contribution is 0.568. The molecule has 0 amide bonds. The van der Waals surface area contributed by atoms with Crippen molar-refractivity contribution < 1.29 is 0 Å². The fourth-order valence-electron chi connectivity index (χ4n) is 2.09. The second-order valence-electron chi connectivity index (χ2n) is 5.80. The van der Waals surface area contributed by atoms with E-state index in [0.29, 0.717) is 5.13 Å². The zero-order valence-electron chi connectivity index (χ0n) is 11.7. The van der Waals surface area contributed by atoms with Gasteiger partial charge in [-0.15, -0.1) is 11.3 Å². The van der Waals surface area contributed by atoms with E-state index in [4.69, 9.17) is 5.73 Å². The van der Waals surface area contributed by atoms with Gasteiger partial charge < -0.3 is 5.73 Å². The van der Waals surface area contributed by atoms with Crippen molar-refractivity contribution in [3.05, 3.63) is 44.4 Å². The van der Waals surface area contributed by atoms with Gasteiger partial charge in [-0.1, -0.05) is 54.9 Å². The molecule has 0 aliphatic heterocycles. The lowest BCUT2D eigenvalue weighted by atomic mass is 9.90. The molecule has 0 radical (unpaired) electrons. The molecule has 2 rings (SSSR count). The first kappa shape index (κ1) is 14.5. The molecule has 4 heteroatoms. The van der Waals surface area contributed by atoms with Crippen molar-refractivity contribution in [2.24, 2.45) is 0 Å². The molecule has 1 heterocycles. The molecular weight excluding hydrogens is 320 g/mol. The van der Waals surface area contributed by atoms with Crippen LogP contribution in [0, 0.1) is 6.92 Å². The summed E-state index contributed by atoms with van der Waals surface area (Å²) in [5.74, 6) is 0. The highest BCUT2D eigenvalue weighted by Crippen LogP contribution is 2.34. The lowest BCUT2D eigenvalue weighted by Crippen LogP contribution is -2.14. The van der Waals surface area contributed by atoms with E-state index in [0.717, 1.165) is 12.1 Å². The smallest absolute Gasteiger partial charge is 0.180 e. The van der Waals surface area contributed by atoms with Gasteiger partial charge in [-0.2, -0.15) is 0 Å². The average Bonchev–Trinajstić information content (AvgIpc) is 2.66. The normalized spacial score (nSPS) is 11.8. The van der Waals surface area contributed by atoms with Crippen LogP contribution in [0.4, 0.5) is 5.13 Å². The van der Waals surface area contributed by atoms with Crippen molar-refractivity contribution in [1.82, 2.24) is 4.98 Å². The summed E-state index contributed by atoms with van der Waals surface area (Å²) in [5.41, 5.74) is 9.58. The standard InChI is InChI=1S/C15H19BrN2S/c1-9-6-5-7-10(12(9)16)8-11-13(15(2,3)4)18-14(17)19-11/h5-7H,8H2,1-4H3,(H2,17,18). The largest absolute Gasteiger partial charge is 0.375 e. The Bertz CT molecular complexity index is 597. The second-order valence-corrected chi connectivity index (χ2v) is 7.71. The zero-order valence-corrected chi connectivity index (χ0v) is 14.2. The molecule has 0 saturated carbocycles. The van der Waals surface area contributed by atoms with Crippen molar-refractivity contribution >= 4 is 32.4 Å². The maximum atomic E-state index is 5.89. The Kier molecular flexibility index (Phi) is 4.02. The van der Waals surface area contributed by atoms with Crippen LogP contribution < -0.4 is 5.73 Å². The van der Waals surface area contributed by atoms with Crippen molar-refractivity contribution in [1.29, 1.82) is 0 Å². The molecule has 0 atom stereocenters. The zero-order chi connectivity index (χ0) is 14.2. The minimum atomic E-state index is 0.0275. The Morgan fingerprint density at radius 3 is 2.63 bits per heavy atom. The van der Waals surface area contributed by atoms with Crippen molar-refractivity contribution in [3.63, 3.8) is 0 Å². The molecule has 2 N–H and O–H groups in total. The Morgan fingerprint density at radius 2 is 2.00 bits per heavy atom. The van der Waals surface area contributed by atoms with Gasteiger partial charge in [0, 0.05) is 21.2 Å². The SMILES string of the molecule is Cc1cccc(Cc2sc(N)nc2C(C)(C)C)c1Br. The molecule has 0 fully saturated rings. The maximum absolute atomic E-state index is 5.89. The molecule has 2 aromatic rings. The van der Waals surface area contributed by atoms with E-state index >= 15 is 0 Å². The van der Waals surface area contributed by atoms with E-state index < -0.39 is 0 Å². The predicted octanol–water partition coefficient (Wildman–Crippen LogP) is 4.68. The Hall–Kier alpha value is -0.870. The summed E-state index contributed by atoms with van der Waals surface area (Å²) in [5, 5.41) is 0.656. The van der Waals surface area contributed by atoms with Crippen LogP contribution in [0.15, 0.2) is 22.7 Å². The summed E-state index contributed by atoms with van der Waals surface area (Å²) in [6, 6.07) is 6.36. The van der Waals surface area contributed by atoms with E-state index in [1.54, 1.807) is 11.3 Å². The quantitative estimate of drug-likeness (QED) is 0.862. The van der Waals surface area contributed by atoms with Gasteiger partial charge >= 0.3 is 0 Å². The topological polar surface area (TPSA) is 38.9 Å². The van der Waals surface area contributed by atoms with Crippen LogP contribution in [-0.4, -0.2) is 4.98 Å². The number of rotatable bonds is 2. The number of benzene rings is 1. The maximum Gasteiger partial charge on any atom is 0.180 e. The monoisotopic (exact) mass is 338 g/mol. The molecular formula is C15H19BrN2S. The van der Waals surface area contributed by atoms with Gasteiger partial charge in [0.25, 0.3) is 0 Å². The summed E-state index contributed by atoms with van der Waals surface area (Å²) in [6.07, 6.45) is 0.879. The number of anilines is 1. The molecule has 0 saturated heterocycles. The van der Waals surface area contributed by atoms with Gasteiger partial charge in [-0.05, 0) is 18.1 Å². The highest BCUT2D eigenvalue weighted by atomic mass is 79.9. The Balaban J connectivity index is 2.41. The van der Waals surface area contributed by atoms with Crippen LogP contribution in [0.5, 0.6) is 0 Å². The van der Waals surface area contributed by atoms with Crippen LogP contribution in [0.25, 0.3) is 0 Å². The number of nitrogens with two attached hydrogens (primary N) is 1.